The molecule has 0 aliphatic heterocycles. The van der Waals surface area contributed by atoms with E-state index in [2.05, 4.69) is 39.0 Å². The Balaban J connectivity index is 2.15. The molecular weight excluding hydrogens is 350 g/mol. The van der Waals surface area contributed by atoms with Gasteiger partial charge in [-0.05, 0) is 36.0 Å². The van der Waals surface area contributed by atoms with Crippen LogP contribution in [0.2, 0.25) is 0 Å². The molecule has 1 nitrogen and oxygen atoms in total. The molecule has 0 bridgehead atoms. The Labute approximate surface area is 183 Å². The van der Waals surface area contributed by atoms with E-state index < -0.39 is 0 Å². The van der Waals surface area contributed by atoms with Gasteiger partial charge in [-0.3, -0.25) is 0 Å². The number of unbranched alkanes of at least 4 members (excludes halogenated alkanes) is 12. The Kier molecular flexibility index (Phi) is 16.3. The molecule has 0 saturated carbocycles. The van der Waals surface area contributed by atoms with Gasteiger partial charge in [-0.2, -0.15) is 0 Å². The third-order valence-electron chi connectivity index (χ3n) is 6.35. The van der Waals surface area contributed by atoms with Gasteiger partial charge < -0.3 is 5.73 Å². The summed E-state index contributed by atoms with van der Waals surface area (Å²) in [6.45, 7) is 6.85. The maximum Gasteiger partial charge on any atom is 0.0297 e. The van der Waals surface area contributed by atoms with E-state index in [1.165, 1.54) is 120 Å². The summed E-state index contributed by atoms with van der Waals surface area (Å²) in [5.41, 5.74) is 11.1. The van der Waals surface area contributed by atoms with Crippen molar-refractivity contribution in [3.8, 4) is 0 Å². The predicted molar refractivity (Wildman–Crippen MR) is 132 cm³/mol. The van der Waals surface area contributed by atoms with Crippen LogP contribution in [-0.2, 0) is 12.8 Å². The van der Waals surface area contributed by atoms with Crippen LogP contribution in [-0.4, -0.2) is 0 Å². The largest absolute Gasteiger partial charge is 0.324 e. The highest BCUT2D eigenvalue weighted by Crippen LogP contribution is 2.26. The summed E-state index contributed by atoms with van der Waals surface area (Å²) in [6, 6.07) is 7.05. The highest BCUT2D eigenvalue weighted by molar-refractivity contribution is 5.37. The highest BCUT2D eigenvalue weighted by Gasteiger charge is 2.13. The Hall–Kier alpha value is -0.820. The summed E-state index contributed by atoms with van der Waals surface area (Å²) in [7, 11) is 0. The lowest BCUT2D eigenvalue weighted by atomic mass is 9.89. The van der Waals surface area contributed by atoms with Crippen LogP contribution in [0.5, 0.6) is 0 Å². The molecule has 0 aliphatic carbocycles. The van der Waals surface area contributed by atoms with E-state index in [4.69, 9.17) is 5.73 Å². The summed E-state index contributed by atoms with van der Waals surface area (Å²) in [6.07, 6.45) is 24.3. The smallest absolute Gasteiger partial charge is 0.0297 e. The van der Waals surface area contributed by atoms with Crippen molar-refractivity contribution in [1.29, 1.82) is 0 Å². The number of benzene rings is 1. The minimum absolute atomic E-state index is 0.223. The molecule has 0 aliphatic rings. The van der Waals surface area contributed by atoms with Crippen molar-refractivity contribution in [2.45, 2.75) is 142 Å². The van der Waals surface area contributed by atoms with Gasteiger partial charge in [-0.1, -0.05) is 135 Å². The van der Waals surface area contributed by atoms with Crippen LogP contribution >= 0.6 is 0 Å². The van der Waals surface area contributed by atoms with Crippen LogP contribution in [0.25, 0.3) is 0 Å². The van der Waals surface area contributed by atoms with Crippen molar-refractivity contribution in [2.24, 2.45) is 5.73 Å². The first-order valence-corrected chi connectivity index (χ1v) is 13.1. The second-order valence-electron chi connectivity index (χ2n) is 9.12. The maximum atomic E-state index is 6.63. The summed E-state index contributed by atoms with van der Waals surface area (Å²) in [4.78, 5) is 0. The number of rotatable bonds is 19. The number of aryl methyl sites for hydroxylation is 1. The SMILES string of the molecule is CCCCCCCCCCCCCCCC(N)c1cccc(CCC)c1CCC. The van der Waals surface area contributed by atoms with Crippen LogP contribution < -0.4 is 5.73 Å². The van der Waals surface area contributed by atoms with E-state index in [9.17, 15) is 0 Å². The zero-order valence-corrected chi connectivity index (χ0v) is 20.1. The molecule has 2 N–H and O–H groups in total. The van der Waals surface area contributed by atoms with Gasteiger partial charge in [0.05, 0.1) is 0 Å². The zero-order chi connectivity index (χ0) is 21.2. The molecule has 0 aromatic heterocycles. The molecule has 0 heterocycles. The molecule has 1 unspecified atom stereocenters. The average Bonchev–Trinajstić information content (AvgIpc) is 2.73. The molecule has 1 aromatic carbocycles. The molecule has 0 spiro atoms. The van der Waals surface area contributed by atoms with Gasteiger partial charge in [0, 0.05) is 6.04 Å². The highest BCUT2D eigenvalue weighted by atomic mass is 14.6. The van der Waals surface area contributed by atoms with E-state index >= 15 is 0 Å². The third-order valence-corrected chi connectivity index (χ3v) is 6.35. The molecule has 1 rings (SSSR count). The predicted octanol–water partition coefficient (Wildman–Crippen LogP) is 9.07. The van der Waals surface area contributed by atoms with Crippen LogP contribution in [0, 0.1) is 0 Å². The van der Waals surface area contributed by atoms with Gasteiger partial charge >= 0.3 is 0 Å². The van der Waals surface area contributed by atoms with Gasteiger partial charge in [0.25, 0.3) is 0 Å². The number of hydrogen-bond acceptors (Lipinski definition) is 1. The summed E-state index contributed by atoms with van der Waals surface area (Å²) in [5, 5.41) is 0. The summed E-state index contributed by atoms with van der Waals surface area (Å²) < 4.78 is 0. The fraction of sp³-hybridized carbons (Fsp3) is 0.786. The molecule has 29 heavy (non-hydrogen) atoms. The lowest BCUT2D eigenvalue weighted by molar-refractivity contribution is 0.521. The fourth-order valence-corrected chi connectivity index (χ4v) is 4.60. The molecule has 0 radical (unpaired) electrons. The number of nitrogens with two attached hydrogens (primary N) is 1. The van der Waals surface area contributed by atoms with Gasteiger partial charge in [-0.15, -0.1) is 0 Å². The first-order chi connectivity index (χ1) is 14.2. The van der Waals surface area contributed by atoms with Crippen LogP contribution in [0.1, 0.15) is 146 Å². The van der Waals surface area contributed by atoms with Gasteiger partial charge in [-0.25, -0.2) is 0 Å². The fourth-order valence-electron chi connectivity index (χ4n) is 4.60. The van der Waals surface area contributed by atoms with Gasteiger partial charge in [0.15, 0.2) is 0 Å². The first kappa shape index (κ1) is 26.2. The van der Waals surface area contributed by atoms with Crippen molar-refractivity contribution in [1.82, 2.24) is 0 Å². The van der Waals surface area contributed by atoms with E-state index in [0.717, 1.165) is 6.42 Å². The monoisotopic (exact) mass is 401 g/mol. The quantitative estimate of drug-likeness (QED) is 0.230. The molecule has 0 saturated heterocycles. The maximum absolute atomic E-state index is 6.63. The normalized spacial score (nSPS) is 12.4. The van der Waals surface area contributed by atoms with E-state index in [1.54, 1.807) is 5.56 Å². The van der Waals surface area contributed by atoms with Crippen molar-refractivity contribution in [3.63, 3.8) is 0 Å². The van der Waals surface area contributed by atoms with Crippen molar-refractivity contribution in [3.05, 3.63) is 34.9 Å². The average molecular weight is 402 g/mol. The molecule has 1 atom stereocenters. The van der Waals surface area contributed by atoms with Crippen molar-refractivity contribution in [2.75, 3.05) is 0 Å². The third kappa shape index (κ3) is 11.8. The second kappa shape index (κ2) is 18.0. The topological polar surface area (TPSA) is 26.0 Å². The van der Waals surface area contributed by atoms with Gasteiger partial charge in [0.2, 0.25) is 0 Å². The molecule has 0 amide bonds. The zero-order valence-electron chi connectivity index (χ0n) is 20.1. The molecule has 1 heteroatoms. The lowest BCUT2D eigenvalue weighted by Crippen LogP contribution is -2.14. The first-order valence-electron chi connectivity index (χ1n) is 13.1. The molecule has 1 aromatic rings. The summed E-state index contributed by atoms with van der Waals surface area (Å²) in [5.74, 6) is 0. The van der Waals surface area contributed by atoms with Crippen LogP contribution in [0.4, 0.5) is 0 Å². The van der Waals surface area contributed by atoms with E-state index in [0.29, 0.717) is 0 Å². The van der Waals surface area contributed by atoms with Crippen molar-refractivity contribution < 1.29 is 0 Å². The Morgan fingerprint density at radius 1 is 0.621 bits per heavy atom. The minimum Gasteiger partial charge on any atom is -0.324 e. The lowest BCUT2D eigenvalue weighted by Gasteiger charge is -2.19. The second-order valence-corrected chi connectivity index (χ2v) is 9.12. The van der Waals surface area contributed by atoms with Gasteiger partial charge in [0.1, 0.15) is 0 Å². The Morgan fingerprint density at radius 3 is 1.66 bits per heavy atom. The standard InChI is InChI=1S/C28H51N/c1-4-7-8-9-10-11-12-13-14-15-16-17-18-24-28(29)27-23-19-22-25(20-5-2)26(27)21-6-3/h19,22-23,28H,4-18,20-21,24,29H2,1-3H3. The molecule has 0 fully saturated rings. The molecular formula is C28H51N. The Morgan fingerprint density at radius 2 is 1.14 bits per heavy atom. The minimum atomic E-state index is 0.223. The van der Waals surface area contributed by atoms with Crippen LogP contribution in [0.15, 0.2) is 18.2 Å². The van der Waals surface area contributed by atoms with E-state index in [1.807, 2.05) is 0 Å². The summed E-state index contributed by atoms with van der Waals surface area (Å²) >= 11 is 0. The van der Waals surface area contributed by atoms with Crippen molar-refractivity contribution >= 4 is 0 Å². The van der Waals surface area contributed by atoms with Crippen LogP contribution in [0.3, 0.4) is 0 Å². The number of hydrogen-bond donors (Lipinski definition) is 1. The molecule has 168 valence electrons. The Bertz CT molecular complexity index is 493. The van der Waals surface area contributed by atoms with E-state index in [-0.39, 0.29) is 6.04 Å².